The average Bonchev–Trinajstić information content (AvgIpc) is 2.83. The molecule has 1 aliphatic rings. The monoisotopic (exact) mass is 270 g/mol. The summed E-state index contributed by atoms with van der Waals surface area (Å²) in [5, 5.41) is 3.14. The molecule has 2 atom stereocenters. The van der Waals surface area contributed by atoms with Gasteiger partial charge in [-0.1, -0.05) is 25.2 Å². The van der Waals surface area contributed by atoms with E-state index in [9.17, 15) is 4.79 Å². The molecule has 0 saturated heterocycles. The van der Waals surface area contributed by atoms with Gasteiger partial charge in [0.1, 0.15) is 0 Å². The van der Waals surface area contributed by atoms with Gasteiger partial charge in [0.05, 0.1) is 6.54 Å². The van der Waals surface area contributed by atoms with Gasteiger partial charge in [0.2, 0.25) is 0 Å². The van der Waals surface area contributed by atoms with Crippen LogP contribution in [0.1, 0.15) is 47.7 Å². The number of carbonyl (C=O) groups excluding carboxylic acids is 1. The summed E-state index contributed by atoms with van der Waals surface area (Å²) >= 11 is 0. The Morgan fingerprint density at radius 1 is 1.45 bits per heavy atom. The summed E-state index contributed by atoms with van der Waals surface area (Å²) < 4.78 is 0. The van der Waals surface area contributed by atoms with Crippen molar-refractivity contribution in [2.24, 2.45) is 11.7 Å². The van der Waals surface area contributed by atoms with Crippen molar-refractivity contribution in [3.63, 3.8) is 0 Å². The second-order valence-electron chi connectivity index (χ2n) is 5.52. The first-order valence-electron chi connectivity index (χ1n) is 7.22. The van der Waals surface area contributed by atoms with Crippen molar-refractivity contribution in [3.8, 4) is 11.8 Å². The number of nitrogens with one attached hydrogen (secondary N) is 1. The Balaban J connectivity index is 2.09. The Labute approximate surface area is 120 Å². The van der Waals surface area contributed by atoms with Crippen LogP contribution in [0.15, 0.2) is 18.2 Å². The molecule has 0 aromatic heterocycles. The minimum Gasteiger partial charge on any atom is -0.349 e. The molecule has 0 spiro atoms. The summed E-state index contributed by atoms with van der Waals surface area (Å²) in [6, 6.07) is 5.95. The smallest absolute Gasteiger partial charge is 0.251 e. The number of hydrogen-bond donors (Lipinski definition) is 2. The lowest BCUT2D eigenvalue weighted by Crippen LogP contribution is -2.36. The summed E-state index contributed by atoms with van der Waals surface area (Å²) in [5.41, 5.74) is 8.02. The number of benzene rings is 1. The van der Waals surface area contributed by atoms with Crippen LogP contribution in [0, 0.1) is 24.7 Å². The molecule has 1 amide bonds. The maximum Gasteiger partial charge on any atom is 0.251 e. The molecular formula is C17H22N2O. The number of rotatable bonds is 2. The van der Waals surface area contributed by atoms with E-state index in [1.165, 1.54) is 12.8 Å². The van der Waals surface area contributed by atoms with E-state index in [-0.39, 0.29) is 5.91 Å². The molecule has 3 nitrogen and oxygen atoms in total. The molecule has 1 aromatic rings. The lowest BCUT2D eigenvalue weighted by atomic mass is 10.0. The van der Waals surface area contributed by atoms with Gasteiger partial charge in [0, 0.05) is 17.2 Å². The fourth-order valence-corrected chi connectivity index (χ4v) is 2.70. The van der Waals surface area contributed by atoms with Crippen LogP contribution in [0.4, 0.5) is 0 Å². The SMILES string of the molecule is Cc1cc(C(=O)NC2CCCC2C)ccc1C#CCN. The van der Waals surface area contributed by atoms with Crippen molar-refractivity contribution in [2.75, 3.05) is 6.54 Å². The van der Waals surface area contributed by atoms with Crippen molar-refractivity contribution in [1.82, 2.24) is 5.32 Å². The summed E-state index contributed by atoms with van der Waals surface area (Å²) in [7, 11) is 0. The Morgan fingerprint density at radius 3 is 2.85 bits per heavy atom. The van der Waals surface area contributed by atoms with Gasteiger partial charge in [0.25, 0.3) is 5.91 Å². The molecule has 0 heterocycles. The topological polar surface area (TPSA) is 55.1 Å². The molecule has 1 aromatic carbocycles. The predicted octanol–water partition coefficient (Wildman–Crippen LogP) is 2.22. The molecule has 3 N–H and O–H groups in total. The highest BCUT2D eigenvalue weighted by molar-refractivity contribution is 5.94. The number of nitrogens with two attached hydrogens (primary N) is 1. The van der Waals surface area contributed by atoms with Gasteiger partial charge in [-0.05, 0) is 49.4 Å². The molecule has 106 valence electrons. The van der Waals surface area contributed by atoms with Crippen molar-refractivity contribution >= 4 is 5.91 Å². The fraction of sp³-hybridized carbons (Fsp3) is 0.471. The summed E-state index contributed by atoms with van der Waals surface area (Å²) in [4.78, 5) is 12.3. The van der Waals surface area contributed by atoms with Crippen molar-refractivity contribution in [1.29, 1.82) is 0 Å². The Kier molecular flexibility index (Phi) is 4.81. The normalized spacial score (nSPS) is 21.1. The first-order chi connectivity index (χ1) is 9.61. The highest BCUT2D eigenvalue weighted by Gasteiger charge is 2.25. The van der Waals surface area contributed by atoms with E-state index in [1.54, 1.807) is 0 Å². The van der Waals surface area contributed by atoms with Gasteiger partial charge in [-0.3, -0.25) is 4.79 Å². The van der Waals surface area contributed by atoms with Crippen molar-refractivity contribution in [3.05, 3.63) is 34.9 Å². The zero-order valence-electron chi connectivity index (χ0n) is 12.2. The second kappa shape index (κ2) is 6.58. The van der Waals surface area contributed by atoms with Gasteiger partial charge < -0.3 is 11.1 Å². The molecule has 0 radical (unpaired) electrons. The van der Waals surface area contributed by atoms with E-state index in [0.717, 1.165) is 17.5 Å². The molecule has 0 bridgehead atoms. The van der Waals surface area contributed by atoms with Crippen LogP contribution >= 0.6 is 0 Å². The third-order valence-corrected chi connectivity index (χ3v) is 3.99. The number of amides is 1. The maximum absolute atomic E-state index is 12.3. The van der Waals surface area contributed by atoms with Crippen LogP contribution in [0.25, 0.3) is 0 Å². The van der Waals surface area contributed by atoms with Crippen LogP contribution in [0.3, 0.4) is 0 Å². The van der Waals surface area contributed by atoms with Gasteiger partial charge in [-0.15, -0.1) is 0 Å². The maximum atomic E-state index is 12.3. The molecule has 1 fully saturated rings. The van der Waals surface area contributed by atoms with E-state index in [1.807, 2.05) is 25.1 Å². The lowest BCUT2D eigenvalue weighted by molar-refractivity contribution is 0.0929. The average molecular weight is 270 g/mol. The molecular weight excluding hydrogens is 248 g/mol. The molecule has 3 heteroatoms. The standard InChI is InChI=1S/C17H22N2O/c1-12-5-3-7-16(12)19-17(20)15-9-8-14(6-4-10-18)13(2)11-15/h8-9,11-12,16H,3,5,7,10,18H2,1-2H3,(H,19,20). The first kappa shape index (κ1) is 14.6. The number of hydrogen-bond acceptors (Lipinski definition) is 2. The van der Waals surface area contributed by atoms with Crippen molar-refractivity contribution in [2.45, 2.75) is 39.2 Å². The van der Waals surface area contributed by atoms with E-state index >= 15 is 0 Å². The van der Waals surface area contributed by atoms with Crippen LogP contribution in [0.5, 0.6) is 0 Å². The van der Waals surface area contributed by atoms with Gasteiger partial charge >= 0.3 is 0 Å². The highest BCUT2D eigenvalue weighted by atomic mass is 16.1. The lowest BCUT2D eigenvalue weighted by Gasteiger charge is -2.17. The quantitative estimate of drug-likeness (QED) is 0.810. The number of carbonyl (C=O) groups is 1. The van der Waals surface area contributed by atoms with Crippen LogP contribution < -0.4 is 11.1 Å². The minimum atomic E-state index is 0.0187. The van der Waals surface area contributed by atoms with Crippen LogP contribution in [-0.4, -0.2) is 18.5 Å². The fourth-order valence-electron chi connectivity index (χ4n) is 2.70. The molecule has 1 aliphatic carbocycles. The van der Waals surface area contributed by atoms with E-state index in [2.05, 4.69) is 24.1 Å². The van der Waals surface area contributed by atoms with E-state index < -0.39 is 0 Å². The zero-order chi connectivity index (χ0) is 14.5. The zero-order valence-corrected chi connectivity index (χ0v) is 12.2. The third-order valence-electron chi connectivity index (χ3n) is 3.99. The summed E-state index contributed by atoms with van der Waals surface area (Å²) in [6.07, 6.45) is 3.50. The molecule has 0 aliphatic heterocycles. The Hall–Kier alpha value is -1.79. The first-order valence-corrected chi connectivity index (χ1v) is 7.22. The van der Waals surface area contributed by atoms with Crippen LogP contribution in [-0.2, 0) is 0 Å². The molecule has 20 heavy (non-hydrogen) atoms. The summed E-state index contributed by atoms with van der Waals surface area (Å²) in [5.74, 6) is 6.45. The van der Waals surface area contributed by atoms with Crippen molar-refractivity contribution < 1.29 is 4.79 Å². The molecule has 2 unspecified atom stereocenters. The largest absolute Gasteiger partial charge is 0.349 e. The minimum absolute atomic E-state index is 0.0187. The Morgan fingerprint density at radius 2 is 2.25 bits per heavy atom. The van der Waals surface area contributed by atoms with Gasteiger partial charge in [0.15, 0.2) is 0 Å². The predicted molar refractivity (Wildman–Crippen MR) is 81.4 cm³/mol. The molecule has 2 rings (SSSR count). The van der Waals surface area contributed by atoms with E-state index in [0.29, 0.717) is 24.1 Å². The third kappa shape index (κ3) is 3.40. The number of aryl methyl sites for hydroxylation is 1. The summed E-state index contributed by atoms with van der Waals surface area (Å²) in [6.45, 7) is 4.52. The molecule has 1 saturated carbocycles. The Bertz CT molecular complexity index is 554. The highest BCUT2D eigenvalue weighted by Crippen LogP contribution is 2.25. The van der Waals surface area contributed by atoms with Gasteiger partial charge in [-0.2, -0.15) is 0 Å². The second-order valence-corrected chi connectivity index (χ2v) is 5.52. The van der Waals surface area contributed by atoms with E-state index in [4.69, 9.17) is 5.73 Å². The van der Waals surface area contributed by atoms with Gasteiger partial charge in [-0.25, -0.2) is 0 Å². The van der Waals surface area contributed by atoms with Crippen LogP contribution in [0.2, 0.25) is 0 Å².